The average molecular weight is 271 g/mol. The first-order chi connectivity index (χ1) is 7.24. The minimum Gasteiger partial charge on any atom is -0.466 e. The molecule has 1 aliphatic rings. The Bertz CT molecular complexity index is 374. The number of hydrogen-bond acceptors (Lipinski definition) is 2. The van der Waals surface area contributed by atoms with Crippen LogP contribution in [0.2, 0.25) is 0 Å². The Balaban J connectivity index is 2.41. The molecule has 0 fully saturated rings. The first-order valence-electron chi connectivity index (χ1n) is 5.16. The summed E-state index contributed by atoms with van der Waals surface area (Å²) in [5, 5.41) is 0. The second-order valence-corrected chi connectivity index (χ2v) is 4.67. The SMILES string of the molecule is COCOc1c(Br)c(C)cc2c1CCC2. The zero-order valence-corrected chi connectivity index (χ0v) is 10.7. The van der Waals surface area contributed by atoms with Crippen LogP contribution in [0.25, 0.3) is 0 Å². The van der Waals surface area contributed by atoms with Crippen LogP contribution in [0.4, 0.5) is 0 Å². The fourth-order valence-electron chi connectivity index (χ4n) is 2.09. The third kappa shape index (κ3) is 2.04. The summed E-state index contributed by atoms with van der Waals surface area (Å²) >= 11 is 3.58. The van der Waals surface area contributed by atoms with Gasteiger partial charge in [-0.15, -0.1) is 0 Å². The summed E-state index contributed by atoms with van der Waals surface area (Å²) in [5.74, 6) is 0.976. The second-order valence-electron chi connectivity index (χ2n) is 3.88. The van der Waals surface area contributed by atoms with Crippen molar-refractivity contribution in [2.75, 3.05) is 13.9 Å². The van der Waals surface area contributed by atoms with Gasteiger partial charge in [-0.25, -0.2) is 0 Å². The number of rotatable bonds is 3. The molecule has 82 valence electrons. The monoisotopic (exact) mass is 270 g/mol. The van der Waals surface area contributed by atoms with Gasteiger partial charge in [0.05, 0.1) is 4.47 Å². The number of aryl methyl sites for hydroxylation is 2. The molecule has 0 N–H and O–H groups in total. The molecule has 0 unspecified atom stereocenters. The van der Waals surface area contributed by atoms with Crippen LogP contribution in [0.15, 0.2) is 10.5 Å². The van der Waals surface area contributed by atoms with Crippen LogP contribution in [0.3, 0.4) is 0 Å². The van der Waals surface area contributed by atoms with Gasteiger partial charge >= 0.3 is 0 Å². The predicted molar refractivity (Wildman–Crippen MR) is 63.4 cm³/mol. The van der Waals surface area contributed by atoms with E-state index in [0.717, 1.165) is 16.6 Å². The van der Waals surface area contributed by atoms with Crippen LogP contribution in [0.1, 0.15) is 23.1 Å². The highest BCUT2D eigenvalue weighted by Gasteiger charge is 2.20. The smallest absolute Gasteiger partial charge is 0.188 e. The molecule has 0 spiro atoms. The van der Waals surface area contributed by atoms with E-state index in [1.165, 1.54) is 29.5 Å². The third-order valence-corrected chi connectivity index (χ3v) is 3.78. The van der Waals surface area contributed by atoms with Crippen molar-refractivity contribution in [3.05, 3.63) is 27.2 Å². The van der Waals surface area contributed by atoms with E-state index < -0.39 is 0 Å². The highest BCUT2D eigenvalue weighted by molar-refractivity contribution is 9.10. The summed E-state index contributed by atoms with van der Waals surface area (Å²) in [7, 11) is 1.64. The van der Waals surface area contributed by atoms with E-state index in [1.54, 1.807) is 7.11 Å². The minimum absolute atomic E-state index is 0.314. The number of ether oxygens (including phenoxy) is 2. The molecule has 0 heterocycles. The summed E-state index contributed by atoms with van der Waals surface area (Å²) in [4.78, 5) is 0. The van der Waals surface area contributed by atoms with E-state index in [-0.39, 0.29) is 0 Å². The number of halogens is 1. The van der Waals surface area contributed by atoms with Crippen LogP contribution in [0.5, 0.6) is 5.75 Å². The van der Waals surface area contributed by atoms with E-state index in [2.05, 4.69) is 28.9 Å². The van der Waals surface area contributed by atoms with E-state index in [1.807, 2.05) is 0 Å². The zero-order chi connectivity index (χ0) is 10.8. The van der Waals surface area contributed by atoms with Gasteiger partial charge in [0.1, 0.15) is 5.75 Å². The van der Waals surface area contributed by atoms with Crippen molar-refractivity contribution in [2.45, 2.75) is 26.2 Å². The Hall–Kier alpha value is -0.540. The lowest BCUT2D eigenvalue weighted by Gasteiger charge is -2.14. The van der Waals surface area contributed by atoms with Gasteiger partial charge < -0.3 is 9.47 Å². The van der Waals surface area contributed by atoms with E-state index in [4.69, 9.17) is 9.47 Å². The molecule has 0 aromatic heterocycles. The summed E-state index contributed by atoms with van der Waals surface area (Å²) < 4.78 is 11.7. The maximum Gasteiger partial charge on any atom is 0.188 e. The van der Waals surface area contributed by atoms with E-state index in [9.17, 15) is 0 Å². The molecule has 0 amide bonds. The van der Waals surface area contributed by atoms with Crippen molar-refractivity contribution in [2.24, 2.45) is 0 Å². The van der Waals surface area contributed by atoms with Gasteiger partial charge in [-0.05, 0) is 58.8 Å². The van der Waals surface area contributed by atoms with Crippen molar-refractivity contribution in [3.8, 4) is 5.75 Å². The van der Waals surface area contributed by atoms with Crippen LogP contribution in [0, 0.1) is 6.92 Å². The predicted octanol–water partition coefficient (Wildman–Crippen LogP) is 3.23. The Morgan fingerprint density at radius 3 is 2.93 bits per heavy atom. The molecule has 3 heteroatoms. The van der Waals surface area contributed by atoms with Gasteiger partial charge in [-0.3, -0.25) is 0 Å². The van der Waals surface area contributed by atoms with Crippen LogP contribution in [-0.4, -0.2) is 13.9 Å². The molecule has 0 aliphatic heterocycles. The van der Waals surface area contributed by atoms with Crippen molar-refractivity contribution in [3.63, 3.8) is 0 Å². The lowest BCUT2D eigenvalue weighted by Crippen LogP contribution is -2.03. The van der Waals surface area contributed by atoms with Gasteiger partial charge in [0, 0.05) is 7.11 Å². The fraction of sp³-hybridized carbons (Fsp3) is 0.500. The molecule has 0 radical (unpaired) electrons. The molecule has 1 aromatic rings. The number of hydrogen-bond donors (Lipinski definition) is 0. The fourth-order valence-corrected chi connectivity index (χ4v) is 2.56. The third-order valence-electron chi connectivity index (χ3n) is 2.79. The Morgan fingerprint density at radius 1 is 1.40 bits per heavy atom. The van der Waals surface area contributed by atoms with Crippen LogP contribution in [-0.2, 0) is 17.6 Å². The molecular weight excluding hydrogens is 256 g/mol. The topological polar surface area (TPSA) is 18.5 Å². The van der Waals surface area contributed by atoms with Crippen molar-refractivity contribution < 1.29 is 9.47 Å². The molecule has 0 saturated carbocycles. The normalized spacial score (nSPS) is 14.1. The Labute approximate surface area is 98.7 Å². The molecule has 1 aromatic carbocycles. The highest BCUT2D eigenvalue weighted by atomic mass is 79.9. The average Bonchev–Trinajstić information content (AvgIpc) is 2.66. The zero-order valence-electron chi connectivity index (χ0n) is 9.10. The van der Waals surface area contributed by atoms with Gasteiger partial charge in [0.15, 0.2) is 6.79 Å². The standard InChI is InChI=1S/C12H15BrO2/c1-8-6-9-4-3-5-10(9)12(11(8)13)15-7-14-2/h6H,3-5,7H2,1-2H3. The summed E-state index contributed by atoms with van der Waals surface area (Å²) in [5.41, 5.74) is 4.02. The summed E-state index contributed by atoms with van der Waals surface area (Å²) in [6.07, 6.45) is 3.52. The molecule has 0 bridgehead atoms. The second kappa shape index (κ2) is 4.54. The van der Waals surface area contributed by atoms with Gasteiger partial charge in [-0.2, -0.15) is 0 Å². The summed E-state index contributed by atoms with van der Waals surface area (Å²) in [6.45, 7) is 2.41. The molecule has 0 saturated heterocycles. The van der Waals surface area contributed by atoms with Gasteiger partial charge in [0.2, 0.25) is 0 Å². The molecule has 2 nitrogen and oxygen atoms in total. The van der Waals surface area contributed by atoms with Gasteiger partial charge in [-0.1, -0.05) is 6.07 Å². The minimum atomic E-state index is 0.314. The molecule has 0 atom stereocenters. The van der Waals surface area contributed by atoms with Crippen LogP contribution < -0.4 is 4.74 Å². The highest BCUT2D eigenvalue weighted by Crippen LogP contribution is 2.39. The van der Waals surface area contributed by atoms with E-state index in [0.29, 0.717) is 6.79 Å². The number of methoxy groups -OCH3 is 1. The Morgan fingerprint density at radius 2 is 2.20 bits per heavy atom. The van der Waals surface area contributed by atoms with Crippen molar-refractivity contribution in [1.29, 1.82) is 0 Å². The lowest BCUT2D eigenvalue weighted by atomic mass is 10.1. The van der Waals surface area contributed by atoms with E-state index >= 15 is 0 Å². The number of fused-ring (bicyclic) bond motifs is 1. The van der Waals surface area contributed by atoms with Gasteiger partial charge in [0.25, 0.3) is 0 Å². The first-order valence-corrected chi connectivity index (χ1v) is 5.96. The first kappa shape index (κ1) is 11.0. The molecule has 1 aliphatic carbocycles. The molecule has 15 heavy (non-hydrogen) atoms. The summed E-state index contributed by atoms with van der Waals surface area (Å²) in [6, 6.07) is 2.26. The van der Waals surface area contributed by atoms with Crippen molar-refractivity contribution >= 4 is 15.9 Å². The quantitative estimate of drug-likeness (QED) is 0.786. The van der Waals surface area contributed by atoms with Crippen molar-refractivity contribution in [1.82, 2.24) is 0 Å². The largest absolute Gasteiger partial charge is 0.466 e. The maximum absolute atomic E-state index is 5.64. The lowest BCUT2D eigenvalue weighted by molar-refractivity contribution is 0.0499. The molecule has 2 rings (SSSR count). The number of benzene rings is 1. The maximum atomic E-state index is 5.64. The Kier molecular flexibility index (Phi) is 3.32. The van der Waals surface area contributed by atoms with Crippen LogP contribution >= 0.6 is 15.9 Å². The molecular formula is C12H15BrO2.